The summed E-state index contributed by atoms with van der Waals surface area (Å²) in [6, 6.07) is 3.74. The van der Waals surface area contributed by atoms with Crippen LogP contribution in [0.5, 0.6) is 0 Å². The van der Waals surface area contributed by atoms with Crippen molar-refractivity contribution in [2.75, 3.05) is 0 Å². The van der Waals surface area contributed by atoms with Crippen LogP contribution in [0.2, 0.25) is 0 Å². The summed E-state index contributed by atoms with van der Waals surface area (Å²) in [7, 11) is 0. The third-order valence-corrected chi connectivity index (χ3v) is 3.39. The maximum absolute atomic E-state index is 12.0. The number of ketones is 1. The maximum Gasteiger partial charge on any atom is 0.202 e. The Hall–Kier alpha value is -1.64. The van der Waals surface area contributed by atoms with Crippen LogP contribution in [0.25, 0.3) is 5.76 Å². The number of carbonyl (C=O) groups is 1. The molecule has 0 amide bonds. The van der Waals surface area contributed by atoms with Crippen molar-refractivity contribution in [1.82, 2.24) is 4.98 Å². The molecule has 1 aromatic heterocycles. The van der Waals surface area contributed by atoms with Crippen molar-refractivity contribution in [3.8, 4) is 0 Å². The zero-order valence-electron chi connectivity index (χ0n) is 8.98. The van der Waals surface area contributed by atoms with Gasteiger partial charge in [-0.05, 0) is 37.8 Å². The number of carbonyl (C=O) groups excluding carboxylic acids is 1. The predicted octanol–water partition coefficient (Wildman–Crippen LogP) is 2.33. The summed E-state index contributed by atoms with van der Waals surface area (Å²) in [6.07, 6.45) is 8.95. The zero-order valence-corrected chi connectivity index (χ0v) is 8.98. The largest absolute Gasteiger partial charge is 0.478 e. The van der Waals surface area contributed by atoms with Crippen molar-refractivity contribution in [3.63, 3.8) is 0 Å². The number of aromatic nitrogens is 1. The first kappa shape index (κ1) is 9.58. The fraction of sp³-hybridized carbons (Fsp3) is 0.385. The molecule has 0 atom stereocenters. The standard InChI is InChI=1S/C13H13NO2/c15-12-9-11(10-3-7-14-8-4-10)16-13(12)5-1-2-6-13/h3-4,7-9H,1-2,5-6H2. The first-order chi connectivity index (χ1) is 7.80. The monoisotopic (exact) mass is 215 g/mol. The van der Waals surface area contributed by atoms with Gasteiger partial charge in [-0.1, -0.05) is 0 Å². The van der Waals surface area contributed by atoms with E-state index in [0.717, 1.165) is 31.2 Å². The number of hydrogen-bond donors (Lipinski definition) is 0. The minimum Gasteiger partial charge on any atom is -0.478 e. The summed E-state index contributed by atoms with van der Waals surface area (Å²) in [5.74, 6) is 0.839. The Morgan fingerprint density at radius 1 is 1.19 bits per heavy atom. The van der Waals surface area contributed by atoms with E-state index in [9.17, 15) is 4.79 Å². The van der Waals surface area contributed by atoms with Gasteiger partial charge in [0, 0.05) is 24.0 Å². The van der Waals surface area contributed by atoms with E-state index in [2.05, 4.69) is 4.98 Å². The smallest absolute Gasteiger partial charge is 0.202 e. The summed E-state index contributed by atoms with van der Waals surface area (Å²) in [6.45, 7) is 0. The fourth-order valence-corrected chi connectivity index (χ4v) is 2.49. The molecule has 1 aromatic rings. The van der Waals surface area contributed by atoms with Gasteiger partial charge in [-0.2, -0.15) is 0 Å². The molecule has 2 heterocycles. The van der Waals surface area contributed by atoms with E-state index in [1.165, 1.54) is 0 Å². The van der Waals surface area contributed by atoms with E-state index < -0.39 is 5.60 Å². The van der Waals surface area contributed by atoms with Gasteiger partial charge in [0.2, 0.25) is 5.78 Å². The van der Waals surface area contributed by atoms with Crippen molar-refractivity contribution in [2.24, 2.45) is 0 Å². The fourth-order valence-electron chi connectivity index (χ4n) is 2.49. The SMILES string of the molecule is O=C1C=C(c2ccncc2)OC12CCCC2. The highest BCUT2D eigenvalue weighted by Gasteiger charge is 2.46. The summed E-state index contributed by atoms with van der Waals surface area (Å²) < 4.78 is 5.89. The van der Waals surface area contributed by atoms with E-state index >= 15 is 0 Å². The maximum atomic E-state index is 12.0. The molecular weight excluding hydrogens is 202 g/mol. The van der Waals surface area contributed by atoms with E-state index in [0.29, 0.717) is 5.76 Å². The minimum absolute atomic E-state index is 0.136. The van der Waals surface area contributed by atoms with Gasteiger partial charge >= 0.3 is 0 Å². The number of pyridine rings is 1. The summed E-state index contributed by atoms with van der Waals surface area (Å²) in [4.78, 5) is 15.9. The molecule has 82 valence electrons. The van der Waals surface area contributed by atoms with Gasteiger partial charge in [0.1, 0.15) is 5.76 Å². The Bertz CT molecular complexity index is 444. The number of nitrogens with zero attached hydrogens (tertiary/aromatic N) is 1. The van der Waals surface area contributed by atoms with Gasteiger partial charge in [0.25, 0.3) is 0 Å². The Morgan fingerprint density at radius 2 is 1.88 bits per heavy atom. The molecule has 1 saturated carbocycles. The van der Waals surface area contributed by atoms with Crippen molar-refractivity contribution in [2.45, 2.75) is 31.3 Å². The second-order valence-electron chi connectivity index (χ2n) is 4.41. The lowest BCUT2D eigenvalue weighted by molar-refractivity contribution is -0.128. The molecule has 1 spiro atoms. The first-order valence-electron chi connectivity index (χ1n) is 5.66. The normalized spacial score (nSPS) is 22.2. The van der Waals surface area contributed by atoms with Crippen molar-refractivity contribution >= 4 is 11.5 Å². The highest BCUT2D eigenvalue weighted by molar-refractivity contribution is 6.05. The lowest BCUT2D eigenvalue weighted by Crippen LogP contribution is -2.32. The van der Waals surface area contributed by atoms with Gasteiger partial charge < -0.3 is 4.74 Å². The Kier molecular flexibility index (Phi) is 2.06. The van der Waals surface area contributed by atoms with Gasteiger partial charge in [0.05, 0.1) is 0 Å². The van der Waals surface area contributed by atoms with Crippen LogP contribution in [-0.4, -0.2) is 16.4 Å². The second-order valence-corrected chi connectivity index (χ2v) is 4.41. The summed E-state index contributed by atoms with van der Waals surface area (Å²) in [5, 5.41) is 0. The first-order valence-corrected chi connectivity index (χ1v) is 5.66. The molecule has 0 radical (unpaired) electrons. The van der Waals surface area contributed by atoms with E-state index in [1.807, 2.05) is 12.1 Å². The highest BCUT2D eigenvalue weighted by Crippen LogP contribution is 2.42. The molecule has 1 aliphatic carbocycles. The van der Waals surface area contributed by atoms with Crippen molar-refractivity contribution in [1.29, 1.82) is 0 Å². The average Bonchev–Trinajstić information content (AvgIpc) is 2.91. The summed E-state index contributed by atoms with van der Waals surface area (Å²) in [5.41, 5.74) is 0.408. The van der Waals surface area contributed by atoms with Gasteiger partial charge in [-0.3, -0.25) is 9.78 Å². The molecule has 1 fully saturated rings. The van der Waals surface area contributed by atoms with Crippen LogP contribution < -0.4 is 0 Å². The van der Waals surface area contributed by atoms with E-state index in [-0.39, 0.29) is 5.78 Å². The molecule has 0 aromatic carbocycles. The van der Waals surface area contributed by atoms with Gasteiger partial charge in [-0.25, -0.2) is 0 Å². The van der Waals surface area contributed by atoms with Crippen molar-refractivity contribution in [3.05, 3.63) is 36.2 Å². The predicted molar refractivity (Wildman–Crippen MR) is 59.5 cm³/mol. The lowest BCUT2D eigenvalue weighted by Gasteiger charge is -2.22. The number of rotatable bonds is 1. The number of hydrogen-bond acceptors (Lipinski definition) is 3. The van der Waals surface area contributed by atoms with Crippen LogP contribution in [0.1, 0.15) is 31.2 Å². The topological polar surface area (TPSA) is 39.2 Å². The Balaban J connectivity index is 1.91. The Labute approximate surface area is 94.1 Å². The van der Waals surface area contributed by atoms with Crippen LogP contribution in [0, 0.1) is 0 Å². The third-order valence-electron chi connectivity index (χ3n) is 3.39. The van der Waals surface area contributed by atoms with Crippen LogP contribution in [0.15, 0.2) is 30.6 Å². The van der Waals surface area contributed by atoms with E-state index in [4.69, 9.17) is 4.74 Å². The van der Waals surface area contributed by atoms with Crippen LogP contribution in [0.3, 0.4) is 0 Å². The molecule has 3 heteroatoms. The molecule has 0 unspecified atom stereocenters. The quantitative estimate of drug-likeness (QED) is 0.721. The molecule has 0 saturated heterocycles. The van der Waals surface area contributed by atoms with Crippen LogP contribution >= 0.6 is 0 Å². The molecule has 3 nitrogen and oxygen atoms in total. The molecular formula is C13H13NO2. The minimum atomic E-state index is -0.529. The molecule has 3 rings (SSSR count). The number of ether oxygens (including phenoxy) is 1. The molecule has 2 aliphatic rings. The third kappa shape index (κ3) is 1.35. The van der Waals surface area contributed by atoms with Crippen LogP contribution in [-0.2, 0) is 9.53 Å². The lowest BCUT2D eigenvalue weighted by atomic mass is 9.98. The molecule has 0 N–H and O–H groups in total. The highest BCUT2D eigenvalue weighted by atomic mass is 16.5. The van der Waals surface area contributed by atoms with E-state index in [1.54, 1.807) is 18.5 Å². The van der Waals surface area contributed by atoms with Gasteiger partial charge in [-0.15, -0.1) is 0 Å². The van der Waals surface area contributed by atoms with Crippen molar-refractivity contribution < 1.29 is 9.53 Å². The molecule has 0 bridgehead atoms. The average molecular weight is 215 g/mol. The molecule has 1 aliphatic heterocycles. The zero-order chi connectivity index (χ0) is 11.0. The van der Waals surface area contributed by atoms with Gasteiger partial charge in [0.15, 0.2) is 5.60 Å². The molecule has 16 heavy (non-hydrogen) atoms. The summed E-state index contributed by atoms with van der Waals surface area (Å²) >= 11 is 0. The second kappa shape index (κ2) is 3.44. The van der Waals surface area contributed by atoms with Crippen LogP contribution in [0.4, 0.5) is 0 Å². The Morgan fingerprint density at radius 3 is 2.56 bits per heavy atom.